The summed E-state index contributed by atoms with van der Waals surface area (Å²) >= 11 is 2.54. The number of nitrogens with two attached hydrogens (primary N) is 4. The molecule has 1 aromatic carbocycles. The van der Waals surface area contributed by atoms with Gasteiger partial charge in [-0.25, -0.2) is 36.1 Å². The van der Waals surface area contributed by atoms with Crippen LogP contribution in [0.1, 0.15) is 15.9 Å². The Morgan fingerprint density at radius 3 is 2.05 bits per heavy atom. The van der Waals surface area contributed by atoms with Gasteiger partial charge in [0.2, 0.25) is 0 Å². The number of hydrazine groups is 2. The molecule has 0 saturated heterocycles. The van der Waals surface area contributed by atoms with Crippen LogP contribution in [-0.4, -0.2) is 18.0 Å². The second-order valence-corrected chi connectivity index (χ2v) is 4.27. The van der Waals surface area contributed by atoms with Gasteiger partial charge >= 0.3 is 18.0 Å². The average Bonchev–Trinajstić information content (AvgIpc) is 2.43. The fraction of sp³-hybridized carbons (Fsp3) is 0.100. The van der Waals surface area contributed by atoms with Gasteiger partial charge in [-0.2, -0.15) is 0 Å². The predicted octanol–water partition coefficient (Wildman–Crippen LogP) is -0.0207. The van der Waals surface area contributed by atoms with Crippen molar-refractivity contribution in [1.29, 1.82) is 0 Å². The van der Waals surface area contributed by atoms with Gasteiger partial charge < -0.3 is 15.3 Å². The molecule has 21 heavy (non-hydrogen) atoms. The standard InChI is InChI=1S/C10H13BrN6O4/c1-4-2-5(8(18)21-11)3-6(16(14)9(12)19)7(4)17(15)10(13)20/h2-3H,14-15H2,1H3,(H2,12,19)(H2,13,20). The van der Waals surface area contributed by atoms with Crippen molar-refractivity contribution in [3.05, 3.63) is 23.3 Å². The van der Waals surface area contributed by atoms with Crippen molar-refractivity contribution in [3.8, 4) is 0 Å². The number of halogens is 1. The Kier molecular flexibility index (Phi) is 5.07. The Morgan fingerprint density at radius 2 is 1.62 bits per heavy atom. The molecule has 0 atom stereocenters. The number of hydrogen-bond donors (Lipinski definition) is 4. The number of hydrogen-bond acceptors (Lipinski definition) is 6. The molecule has 114 valence electrons. The molecule has 0 aliphatic heterocycles. The van der Waals surface area contributed by atoms with E-state index in [-0.39, 0.29) is 16.9 Å². The van der Waals surface area contributed by atoms with Crippen LogP contribution in [0, 0.1) is 6.92 Å². The number of rotatable bonds is 3. The molecule has 0 bridgehead atoms. The van der Waals surface area contributed by atoms with Gasteiger partial charge in [0, 0.05) is 0 Å². The number of urea groups is 2. The summed E-state index contributed by atoms with van der Waals surface area (Å²) in [5, 5.41) is 1.10. The maximum Gasteiger partial charge on any atom is 0.349 e. The smallest absolute Gasteiger partial charge is 0.349 e. The number of aryl methyl sites for hydroxylation is 1. The van der Waals surface area contributed by atoms with Crippen LogP contribution < -0.4 is 33.2 Å². The lowest BCUT2D eigenvalue weighted by molar-refractivity contribution is 0.0781. The largest absolute Gasteiger partial charge is 0.380 e. The van der Waals surface area contributed by atoms with Crippen molar-refractivity contribution in [2.75, 3.05) is 10.0 Å². The van der Waals surface area contributed by atoms with E-state index in [1.807, 2.05) is 0 Å². The second kappa shape index (κ2) is 6.39. The van der Waals surface area contributed by atoms with Crippen molar-refractivity contribution in [2.45, 2.75) is 6.92 Å². The molecule has 0 aromatic heterocycles. The van der Waals surface area contributed by atoms with Gasteiger partial charge in [-0.3, -0.25) is 0 Å². The van der Waals surface area contributed by atoms with Gasteiger partial charge in [-0.1, -0.05) is 0 Å². The SMILES string of the molecule is Cc1cc(C(=O)OBr)cc(N(N)C(N)=O)c1N(N)C(N)=O. The highest BCUT2D eigenvalue weighted by atomic mass is 79.9. The zero-order valence-corrected chi connectivity index (χ0v) is 12.5. The third-order valence-corrected chi connectivity index (χ3v) is 2.86. The molecular formula is C10H13BrN6O4. The van der Waals surface area contributed by atoms with Crippen molar-refractivity contribution < 1.29 is 18.2 Å². The molecule has 10 nitrogen and oxygen atoms in total. The highest BCUT2D eigenvalue weighted by Crippen LogP contribution is 2.32. The number of amides is 4. The highest BCUT2D eigenvalue weighted by molar-refractivity contribution is 9.06. The van der Waals surface area contributed by atoms with E-state index in [1.54, 1.807) is 0 Å². The van der Waals surface area contributed by atoms with E-state index >= 15 is 0 Å². The average molecular weight is 361 g/mol. The van der Waals surface area contributed by atoms with Crippen LogP contribution in [0.2, 0.25) is 0 Å². The van der Waals surface area contributed by atoms with Gasteiger partial charge in [-0.15, -0.1) is 0 Å². The molecule has 1 rings (SSSR count). The molecule has 11 heteroatoms. The Balaban J connectivity index is 3.59. The zero-order valence-electron chi connectivity index (χ0n) is 10.9. The van der Waals surface area contributed by atoms with Crippen LogP contribution in [0.25, 0.3) is 0 Å². The third kappa shape index (κ3) is 3.39. The summed E-state index contributed by atoms with van der Waals surface area (Å²) in [6.07, 6.45) is 0. The van der Waals surface area contributed by atoms with Gasteiger partial charge in [0.1, 0.15) is 0 Å². The van der Waals surface area contributed by atoms with Crippen molar-refractivity contribution >= 4 is 45.7 Å². The van der Waals surface area contributed by atoms with Crippen LogP contribution in [-0.2, 0) is 3.83 Å². The van der Waals surface area contributed by atoms with E-state index in [9.17, 15) is 14.4 Å². The predicted molar refractivity (Wildman–Crippen MR) is 78.0 cm³/mol. The Labute approximate surface area is 128 Å². The lowest BCUT2D eigenvalue weighted by Crippen LogP contribution is -2.46. The van der Waals surface area contributed by atoms with Gasteiger partial charge in [0.05, 0.1) is 16.9 Å². The molecule has 0 heterocycles. The molecule has 1 aromatic rings. The third-order valence-electron chi connectivity index (χ3n) is 2.56. The normalized spacial score (nSPS) is 9.90. The number of carbonyl (C=O) groups is 3. The summed E-state index contributed by atoms with van der Waals surface area (Å²) in [5.74, 6) is 10.3. The van der Waals surface area contributed by atoms with Gasteiger partial charge in [-0.05, 0) is 24.6 Å². The Hall–Kier alpha value is -2.37. The van der Waals surface area contributed by atoms with E-state index in [4.69, 9.17) is 23.2 Å². The topological polar surface area (TPSA) is 171 Å². The van der Waals surface area contributed by atoms with E-state index in [0.717, 1.165) is 0 Å². The maximum absolute atomic E-state index is 11.5. The quantitative estimate of drug-likeness (QED) is 0.335. The lowest BCUT2D eigenvalue weighted by Gasteiger charge is -2.24. The van der Waals surface area contributed by atoms with Crippen LogP contribution in [0.3, 0.4) is 0 Å². The Bertz CT molecular complexity index is 607. The summed E-state index contributed by atoms with van der Waals surface area (Å²) in [4.78, 5) is 34.0. The second-order valence-electron chi connectivity index (χ2n) is 3.94. The molecule has 0 fully saturated rings. The molecule has 0 aliphatic carbocycles. The monoisotopic (exact) mass is 360 g/mol. The number of benzene rings is 1. The van der Waals surface area contributed by atoms with E-state index in [2.05, 4.69) is 20.1 Å². The first kappa shape index (κ1) is 16.7. The first-order chi connectivity index (χ1) is 9.70. The summed E-state index contributed by atoms with van der Waals surface area (Å²) < 4.78 is 4.40. The number of nitrogens with zero attached hydrogens (tertiary/aromatic N) is 2. The van der Waals surface area contributed by atoms with E-state index < -0.39 is 18.0 Å². The molecule has 0 aliphatic rings. The molecule has 0 unspecified atom stereocenters. The minimum absolute atomic E-state index is 0.0231. The molecule has 0 saturated carbocycles. The van der Waals surface area contributed by atoms with Crippen LogP contribution >= 0.6 is 16.3 Å². The first-order valence-corrected chi connectivity index (χ1v) is 6.01. The minimum Gasteiger partial charge on any atom is -0.380 e. The Morgan fingerprint density at radius 1 is 1.10 bits per heavy atom. The van der Waals surface area contributed by atoms with Crippen molar-refractivity contribution in [3.63, 3.8) is 0 Å². The van der Waals surface area contributed by atoms with Crippen molar-refractivity contribution in [2.24, 2.45) is 23.2 Å². The number of anilines is 2. The minimum atomic E-state index is -1.03. The molecule has 8 N–H and O–H groups in total. The molecule has 0 radical (unpaired) electrons. The summed E-state index contributed by atoms with van der Waals surface area (Å²) in [6, 6.07) is 0.533. The van der Waals surface area contributed by atoms with E-state index in [1.165, 1.54) is 19.1 Å². The fourth-order valence-corrected chi connectivity index (χ4v) is 1.84. The zero-order chi connectivity index (χ0) is 16.3. The molecular weight excluding hydrogens is 348 g/mol. The molecule has 4 amide bonds. The number of carbonyl (C=O) groups excluding carboxylic acids is 3. The van der Waals surface area contributed by atoms with Crippen LogP contribution in [0.5, 0.6) is 0 Å². The summed E-state index contributed by atoms with van der Waals surface area (Å²) in [6.45, 7) is 1.53. The summed E-state index contributed by atoms with van der Waals surface area (Å²) in [5.41, 5.74) is 10.5. The van der Waals surface area contributed by atoms with E-state index in [0.29, 0.717) is 15.6 Å². The lowest BCUT2D eigenvalue weighted by atomic mass is 10.1. The maximum atomic E-state index is 11.5. The summed E-state index contributed by atoms with van der Waals surface area (Å²) in [7, 11) is 0. The number of primary amides is 2. The first-order valence-electron chi connectivity index (χ1n) is 5.36. The van der Waals surface area contributed by atoms with Crippen LogP contribution in [0.15, 0.2) is 12.1 Å². The fourth-order valence-electron chi connectivity index (χ4n) is 1.65. The highest BCUT2D eigenvalue weighted by Gasteiger charge is 2.23. The van der Waals surface area contributed by atoms with Crippen molar-refractivity contribution in [1.82, 2.24) is 0 Å². The van der Waals surface area contributed by atoms with Crippen LogP contribution in [0.4, 0.5) is 21.0 Å². The van der Waals surface area contributed by atoms with Gasteiger partial charge in [0.25, 0.3) is 0 Å². The van der Waals surface area contributed by atoms with Gasteiger partial charge in [0.15, 0.2) is 16.3 Å². The molecule has 0 spiro atoms.